The molecule has 6 N–H and O–H groups in total. The van der Waals surface area contributed by atoms with E-state index < -0.39 is 54.1 Å². The van der Waals surface area contributed by atoms with Gasteiger partial charge in [0, 0.05) is 37.8 Å². The molecule has 4 rings (SSSR count). The Bertz CT molecular complexity index is 1550. The number of H-pyrrole nitrogens is 1. The Hall–Kier alpha value is -5.24. The maximum absolute atomic E-state index is 13.8. The first-order chi connectivity index (χ1) is 24.3. The highest BCUT2D eigenvalue weighted by Crippen LogP contribution is 2.19. The molecule has 2 heterocycles. The van der Waals surface area contributed by atoms with Gasteiger partial charge in [-0.3, -0.25) is 24.0 Å². The van der Waals surface area contributed by atoms with Gasteiger partial charge in [0.05, 0.1) is 24.9 Å². The lowest BCUT2D eigenvalue weighted by Gasteiger charge is -2.25. The van der Waals surface area contributed by atoms with Crippen LogP contribution in [-0.4, -0.2) is 102 Å². The zero-order valence-corrected chi connectivity index (χ0v) is 28.7. The number of amides is 5. The molecule has 0 bridgehead atoms. The maximum atomic E-state index is 13.8. The molecule has 0 fully saturated rings. The van der Waals surface area contributed by atoms with Gasteiger partial charge in [0.2, 0.25) is 23.6 Å². The van der Waals surface area contributed by atoms with Crippen molar-refractivity contribution in [3.8, 4) is 5.75 Å². The van der Waals surface area contributed by atoms with Crippen molar-refractivity contribution in [2.75, 3.05) is 39.3 Å². The third-order valence-corrected chi connectivity index (χ3v) is 8.41. The Morgan fingerprint density at radius 2 is 1.66 bits per heavy atom. The van der Waals surface area contributed by atoms with E-state index in [2.05, 4.69) is 55.3 Å². The van der Waals surface area contributed by atoms with Gasteiger partial charge < -0.3 is 41.2 Å². The van der Waals surface area contributed by atoms with Crippen LogP contribution in [0.2, 0.25) is 0 Å². The molecule has 0 saturated carbocycles. The molecule has 0 unspecified atom stereocenters. The van der Waals surface area contributed by atoms with Crippen LogP contribution in [0.1, 0.15) is 54.7 Å². The summed E-state index contributed by atoms with van der Waals surface area (Å²) in [5, 5.41) is 14.0. The number of hydrogen-bond acceptors (Lipinski definition) is 8. The Kier molecular flexibility index (Phi) is 14.8. The van der Waals surface area contributed by atoms with E-state index in [1.165, 1.54) is 12.5 Å². The smallest absolute Gasteiger partial charge is 0.255 e. The number of aromatic amines is 1. The van der Waals surface area contributed by atoms with Gasteiger partial charge >= 0.3 is 0 Å². The van der Waals surface area contributed by atoms with Crippen LogP contribution in [0.4, 0.5) is 0 Å². The number of benzene rings is 2. The monoisotopic (exact) mass is 688 g/mol. The van der Waals surface area contributed by atoms with E-state index in [4.69, 9.17) is 4.74 Å². The number of rotatable bonds is 11. The highest BCUT2D eigenvalue weighted by atomic mass is 16.5. The third kappa shape index (κ3) is 11.7. The molecule has 1 aliphatic heterocycles. The molecule has 268 valence electrons. The minimum atomic E-state index is -1.25. The molecule has 2 aromatic carbocycles. The van der Waals surface area contributed by atoms with Crippen molar-refractivity contribution in [3.63, 3.8) is 0 Å². The zero-order valence-electron chi connectivity index (χ0n) is 28.7. The number of carbonyl (C=O) groups excluding carboxylic acids is 5. The fraction of sp³-hybridized carbons (Fsp3) is 0.444. The van der Waals surface area contributed by atoms with Crippen molar-refractivity contribution in [2.24, 2.45) is 0 Å². The van der Waals surface area contributed by atoms with Crippen LogP contribution in [0.15, 0.2) is 67.1 Å². The number of hydrogen-bond donors (Lipinski definition) is 6. The summed E-state index contributed by atoms with van der Waals surface area (Å²) >= 11 is 0. The van der Waals surface area contributed by atoms with E-state index in [9.17, 15) is 24.0 Å². The summed E-state index contributed by atoms with van der Waals surface area (Å²) in [6, 6.07) is 12.6. The predicted octanol–water partition coefficient (Wildman–Crippen LogP) is 1.10. The average molecular weight is 689 g/mol. The van der Waals surface area contributed by atoms with Crippen LogP contribution in [0.25, 0.3) is 0 Å². The number of fused-ring (bicyclic) bond motifs is 1. The fourth-order valence-electron chi connectivity index (χ4n) is 5.59. The second kappa shape index (κ2) is 19.7. The van der Waals surface area contributed by atoms with E-state index in [0.29, 0.717) is 30.8 Å². The van der Waals surface area contributed by atoms with E-state index in [1.807, 2.05) is 30.3 Å². The first-order valence-electron chi connectivity index (χ1n) is 17.2. The number of ether oxygens (including phenoxy) is 1. The molecule has 1 aromatic heterocycles. The third-order valence-electron chi connectivity index (χ3n) is 8.41. The minimum absolute atomic E-state index is 0.0382. The number of para-hydroxylation sites is 1. The van der Waals surface area contributed by atoms with E-state index in [1.54, 1.807) is 24.3 Å². The highest BCUT2D eigenvalue weighted by Gasteiger charge is 2.31. The lowest BCUT2D eigenvalue weighted by atomic mass is 10.0. The maximum Gasteiger partial charge on any atom is 0.255 e. The molecule has 0 saturated heterocycles. The van der Waals surface area contributed by atoms with E-state index >= 15 is 0 Å². The van der Waals surface area contributed by atoms with Gasteiger partial charge in [-0.1, -0.05) is 56.3 Å². The Labute approximate surface area is 292 Å². The summed E-state index contributed by atoms with van der Waals surface area (Å²) in [5.74, 6) is -2.47. The van der Waals surface area contributed by atoms with Crippen LogP contribution in [-0.2, 0) is 32.0 Å². The minimum Gasteiger partial charge on any atom is -0.493 e. The summed E-state index contributed by atoms with van der Waals surface area (Å²) in [5.41, 5.74) is 1.60. The zero-order chi connectivity index (χ0) is 35.7. The molecule has 0 radical (unpaired) electrons. The molecule has 14 heteroatoms. The van der Waals surface area contributed by atoms with Gasteiger partial charge in [-0.25, -0.2) is 4.98 Å². The van der Waals surface area contributed by atoms with Crippen molar-refractivity contribution < 1.29 is 28.7 Å². The predicted molar refractivity (Wildman–Crippen MR) is 187 cm³/mol. The van der Waals surface area contributed by atoms with Crippen LogP contribution in [0, 0.1) is 0 Å². The first-order valence-corrected chi connectivity index (χ1v) is 17.2. The lowest BCUT2D eigenvalue weighted by Crippen LogP contribution is -2.56. The fourth-order valence-corrected chi connectivity index (χ4v) is 5.59. The summed E-state index contributed by atoms with van der Waals surface area (Å²) in [6.07, 6.45) is 3.90. The summed E-state index contributed by atoms with van der Waals surface area (Å²) in [4.78, 5) is 77.0. The number of carbonyl (C=O) groups is 5. The molecule has 0 aliphatic carbocycles. The molecule has 0 spiro atoms. The second-order valence-electron chi connectivity index (χ2n) is 12.0. The number of imidazole rings is 1. The first kappa shape index (κ1) is 37.6. The molecule has 14 nitrogen and oxygen atoms in total. The SMILES string of the molecule is CCN(CC)CCCNC(=O)[C@@H]1CC(=O)N[C@@H](Cc2cnc[nH]2)C(=O)N[C@@H](Cc2ccccc2)C(=O)NCCCOc2ccccc2C(=O)N1. The van der Waals surface area contributed by atoms with Crippen LogP contribution >= 0.6 is 0 Å². The molecule has 5 amide bonds. The van der Waals surface area contributed by atoms with Gasteiger partial charge in [-0.2, -0.15) is 0 Å². The van der Waals surface area contributed by atoms with Crippen molar-refractivity contribution in [3.05, 3.63) is 83.9 Å². The van der Waals surface area contributed by atoms with Gasteiger partial charge in [-0.15, -0.1) is 0 Å². The standard InChI is InChI=1S/C36H48N8O6/c1-3-44(4-2)18-10-16-38-35(48)30-22-32(45)41-29(21-26-23-37-24-40-26)36(49)43-28(20-25-12-6-5-7-13-25)34(47)39-17-11-19-50-31-15-9-8-14-27(31)33(46)42-30/h5-9,12-15,23-24,28-30H,3-4,10-11,16-22H2,1-2H3,(H,37,40)(H,38,48)(H,39,47)(H,41,45)(H,42,46)(H,43,49)/t28-,29-,30-/m0/s1. The molecule has 1 aliphatic rings. The molecule has 3 aromatic rings. The molecule has 50 heavy (non-hydrogen) atoms. The molecular weight excluding hydrogens is 640 g/mol. The number of aromatic nitrogens is 2. The molecular formula is C36H48N8O6. The molecule has 3 atom stereocenters. The Morgan fingerprint density at radius 1 is 0.920 bits per heavy atom. The van der Waals surface area contributed by atoms with Crippen LogP contribution in [0.5, 0.6) is 5.75 Å². The Balaban J connectivity index is 1.60. The average Bonchev–Trinajstić information content (AvgIpc) is 3.64. The largest absolute Gasteiger partial charge is 0.493 e. The van der Waals surface area contributed by atoms with Crippen molar-refractivity contribution in [1.82, 2.24) is 41.5 Å². The second-order valence-corrected chi connectivity index (χ2v) is 12.0. The topological polar surface area (TPSA) is 187 Å². The Morgan fingerprint density at radius 3 is 2.40 bits per heavy atom. The number of nitrogens with one attached hydrogen (secondary N) is 6. The van der Waals surface area contributed by atoms with Gasteiger partial charge in [-0.05, 0) is 50.2 Å². The normalized spacial score (nSPS) is 19.5. The van der Waals surface area contributed by atoms with Crippen LogP contribution < -0.4 is 31.3 Å². The van der Waals surface area contributed by atoms with Crippen molar-refractivity contribution in [2.45, 2.75) is 64.1 Å². The van der Waals surface area contributed by atoms with E-state index in [0.717, 1.165) is 25.2 Å². The quantitative estimate of drug-likeness (QED) is 0.162. The van der Waals surface area contributed by atoms with Gasteiger partial charge in [0.1, 0.15) is 23.9 Å². The number of nitrogens with zero attached hydrogens (tertiary/aromatic N) is 2. The van der Waals surface area contributed by atoms with E-state index in [-0.39, 0.29) is 31.6 Å². The van der Waals surface area contributed by atoms with Gasteiger partial charge in [0.25, 0.3) is 5.91 Å². The van der Waals surface area contributed by atoms with Crippen molar-refractivity contribution >= 4 is 29.5 Å². The van der Waals surface area contributed by atoms with Crippen LogP contribution in [0.3, 0.4) is 0 Å². The highest BCUT2D eigenvalue weighted by molar-refractivity contribution is 6.01. The van der Waals surface area contributed by atoms with Crippen molar-refractivity contribution in [1.29, 1.82) is 0 Å². The summed E-state index contributed by atoms with van der Waals surface area (Å²) < 4.78 is 5.91. The lowest BCUT2D eigenvalue weighted by molar-refractivity contribution is -0.133. The summed E-state index contributed by atoms with van der Waals surface area (Å²) in [6.45, 7) is 7.47. The van der Waals surface area contributed by atoms with Gasteiger partial charge in [0.15, 0.2) is 0 Å². The summed E-state index contributed by atoms with van der Waals surface area (Å²) in [7, 11) is 0.